The van der Waals surface area contributed by atoms with E-state index in [1.807, 2.05) is 25.1 Å². The molecule has 0 radical (unpaired) electrons. The minimum absolute atomic E-state index is 0.00933. The number of nitrogens with one attached hydrogen (secondary N) is 1. The second-order valence-electron chi connectivity index (χ2n) is 6.23. The van der Waals surface area contributed by atoms with Crippen LogP contribution in [-0.2, 0) is 9.53 Å². The standard InChI is InChI=1S/C18H26ClNO3/c1-13(11-22-2)20-18(21)12-23-17-9-8-15(19)10-16(17)14-6-4-3-5-7-14/h8-10,13-14H,3-7,11-12H2,1-2H3,(H,20,21). The number of hydrogen-bond acceptors (Lipinski definition) is 3. The van der Waals surface area contributed by atoms with Crippen LogP contribution in [0.15, 0.2) is 18.2 Å². The Labute approximate surface area is 143 Å². The molecule has 4 nitrogen and oxygen atoms in total. The molecule has 0 saturated heterocycles. The predicted octanol–water partition coefficient (Wildman–Crippen LogP) is 3.92. The van der Waals surface area contributed by atoms with Crippen molar-refractivity contribution in [1.82, 2.24) is 5.32 Å². The topological polar surface area (TPSA) is 47.6 Å². The third-order valence-corrected chi connectivity index (χ3v) is 4.43. The van der Waals surface area contributed by atoms with Crippen molar-refractivity contribution in [3.05, 3.63) is 28.8 Å². The lowest BCUT2D eigenvalue weighted by molar-refractivity contribution is -0.124. The van der Waals surface area contributed by atoms with Crippen molar-refractivity contribution in [3.63, 3.8) is 0 Å². The molecule has 1 fully saturated rings. The number of halogens is 1. The molecule has 0 heterocycles. The van der Waals surface area contributed by atoms with Crippen LogP contribution in [0.2, 0.25) is 5.02 Å². The maximum atomic E-state index is 11.9. The Balaban J connectivity index is 1.97. The van der Waals surface area contributed by atoms with Gasteiger partial charge in [-0.3, -0.25) is 4.79 Å². The Bertz CT molecular complexity index is 515. The molecule has 0 bridgehead atoms. The van der Waals surface area contributed by atoms with E-state index in [1.165, 1.54) is 19.3 Å². The van der Waals surface area contributed by atoms with Gasteiger partial charge in [0.2, 0.25) is 0 Å². The Morgan fingerprint density at radius 2 is 2.09 bits per heavy atom. The molecular weight excluding hydrogens is 314 g/mol. The zero-order chi connectivity index (χ0) is 16.7. The van der Waals surface area contributed by atoms with E-state index in [-0.39, 0.29) is 18.6 Å². The van der Waals surface area contributed by atoms with Crippen LogP contribution in [-0.4, -0.2) is 32.3 Å². The molecule has 1 aromatic rings. The molecule has 1 amide bonds. The smallest absolute Gasteiger partial charge is 0.258 e. The van der Waals surface area contributed by atoms with Crippen LogP contribution in [0.4, 0.5) is 0 Å². The van der Waals surface area contributed by atoms with Gasteiger partial charge in [-0.25, -0.2) is 0 Å². The molecule has 1 unspecified atom stereocenters. The quantitative estimate of drug-likeness (QED) is 0.819. The van der Waals surface area contributed by atoms with Crippen LogP contribution in [0.3, 0.4) is 0 Å². The molecule has 1 saturated carbocycles. The molecule has 1 atom stereocenters. The summed E-state index contributed by atoms with van der Waals surface area (Å²) in [4.78, 5) is 11.9. The Kier molecular flexibility index (Phi) is 7.18. The molecule has 1 aliphatic rings. The lowest BCUT2D eigenvalue weighted by Crippen LogP contribution is -2.38. The highest BCUT2D eigenvalue weighted by Crippen LogP contribution is 2.38. The van der Waals surface area contributed by atoms with Crippen molar-refractivity contribution in [2.75, 3.05) is 20.3 Å². The van der Waals surface area contributed by atoms with Crippen molar-refractivity contribution in [3.8, 4) is 5.75 Å². The predicted molar refractivity (Wildman–Crippen MR) is 92.3 cm³/mol. The fourth-order valence-corrected chi connectivity index (χ4v) is 3.32. The zero-order valence-electron chi connectivity index (χ0n) is 13.9. The molecule has 1 aromatic carbocycles. The first-order valence-corrected chi connectivity index (χ1v) is 8.68. The average molecular weight is 340 g/mol. The maximum absolute atomic E-state index is 11.9. The third kappa shape index (κ3) is 5.70. The van der Waals surface area contributed by atoms with E-state index < -0.39 is 0 Å². The Morgan fingerprint density at radius 3 is 2.78 bits per heavy atom. The molecule has 1 N–H and O–H groups in total. The second kappa shape index (κ2) is 9.14. The summed E-state index contributed by atoms with van der Waals surface area (Å²) < 4.78 is 10.8. The van der Waals surface area contributed by atoms with E-state index in [4.69, 9.17) is 21.1 Å². The van der Waals surface area contributed by atoms with E-state index in [9.17, 15) is 4.79 Å². The van der Waals surface area contributed by atoms with Gasteiger partial charge in [0.15, 0.2) is 6.61 Å². The number of rotatable bonds is 7. The number of carbonyl (C=O) groups is 1. The summed E-state index contributed by atoms with van der Waals surface area (Å²) in [7, 11) is 1.61. The van der Waals surface area contributed by atoms with Crippen molar-refractivity contribution in [1.29, 1.82) is 0 Å². The van der Waals surface area contributed by atoms with Gasteiger partial charge in [0.05, 0.1) is 6.61 Å². The first kappa shape index (κ1) is 18.1. The van der Waals surface area contributed by atoms with Crippen LogP contribution in [0.1, 0.15) is 50.5 Å². The van der Waals surface area contributed by atoms with E-state index in [1.54, 1.807) is 7.11 Å². The first-order chi connectivity index (χ1) is 11.1. The van der Waals surface area contributed by atoms with Gasteiger partial charge >= 0.3 is 0 Å². The fourth-order valence-electron chi connectivity index (χ4n) is 3.13. The minimum atomic E-state index is -0.140. The monoisotopic (exact) mass is 339 g/mol. The SMILES string of the molecule is COCC(C)NC(=O)COc1ccc(Cl)cc1C1CCCCC1. The van der Waals surface area contributed by atoms with Crippen LogP contribution >= 0.6 is 11.6 Å². The number of amides is 1. The summed E-state index contributed by atoms with van der Waals surface area (Å²) in [5.41, 5.74) is 1.13. The number of methoxy groups -OCH3 is 1. The maximum Gasteiger partial charge on any atom is 0.258 e. The average Bonchev–Trinajstić information content (AvgIpc) is 2.54. The molecule has 2 rings (SSSR count). The van der Waals surface area contributed by atoms with Crippen LogP contribution < -0.4 is 10.1 Å². The molecule has 5 heteroatoms. The van der Waals surface area contributed by atoms with Crippen molar-refractivity contribution < 1.29 is 14.3 Å². The summed E-state index contributed by atoms with van der Waals surface area (Å²) in [5.74, 6) is 1.11. The zero-order valence-corrected chi connectivity index (χ0v) is 14.7. The first-order valence-electron chi connectivity index (χ1n) is 8.30. The molecule has 0 aromatic heterocycles. The molecule has 0 spiro atoms. The lowest BCUT2D eigenvalue weighted by atomic mass is 9.84. The van der Waals surface area contributed by atoms with Crippen LogP contribution in [0, 0.1) is 0 Å². The minimum Gasteiger partial charge on any atom is -0.483 e. The lowest BCUT2D eigenvalue weighted by Gasteiger charge is -2.24. The van der Waals surface area contributed by atoms with Crippen molar-refractivity contribution in [2.24, 2.45) is 0 Å². The number of carbonyl (C=O) groups excluding carboxylic acids is 1. The highest BCUT2D eigenvalue weighted by atomic mass is 35.5. The molecule has 23 heavy (non-hydrogen) atoms. The number of hydrogen-bond donors (Lipinski definition) is 1. The van der Waals surface area contributed by atoms with Crippen LogP contribution in [0.25, 0.3) is 0 Å². The van der Waals surface area contributed by atoms with E-state index in [0.717, 1.165) is 29.2 Å². The van der Waals surface area contributed by atoms with Crippen molar-refractivity contribution >= 4 is 17.5 Å². The molecule has 0 aliphatic heterocycles. The normalized spacial score (nSPS) is 16.8. The summed E-state index contributed by atoms with van der Waals surface area (Å²) in [6.07, 6.45) is 6.10. The van der Waals surface area contributed by atoms with E-state index in [2.05, 4.69) is 5.32 Å². The molecule has 1 aliphatic carbocycles. The summed E-state index contributed by atoms with van der Waals surface area (Å²) in [6, 6.07) is 5.64. The van der Waals surface area contributed by atoms with Gasteiger partial charge in [-0.15, -0.1) is 0 Å². The van der Waals surface area contributed by atoms with Gasteiger partial charge in [-0.1, -0.05) is 30.9 Å². The Morgan fingerprint density at radius 1 is 1.35 bits per heavy atom. The number of benzene rings is 1. The largest absolute Gasteiger partial charge is 0.483 e. The molecule has 128 valence electrons. The highest BCUT2D eigenvalue weighted by Gasteiger charge is 2.20. The van der Waals surface area contributed by atoms with Gasteiger partial charge in [-0.2, -0.15) is 0 Å². The summed E-state index contributed by atoms with van der Waals surface area (Å²) in [5, 5.41) is 3.57. The van der Waals surface area contributed by atoms with Gasteiger partial charge < -0.3 is 14.8 Å². The summed E-state index contributed by atoms with van der Waals surface area (Å²) in [6.45, 7) is 2.40. The molecular formula is C18H26ClNO3. The fraction of sp³-hybridized carbons (Fsp3) is 0.611. The van der Waals surface area contributed by atoms with Gasteiger partial charge in [0.25, 0.3) is 5.91 Å². The second-order valence-corrected chi connectivity index (χ2v) is 6.67. The van der Waals surface area contributed by atoms with Gasteiger partial charge in [-0.05, 0) is 49.4 Å². The van der Waals surface area contributed by atoms with Crippen molar-refractivity contribution in [2.45, 2.75) is 51.0 Å². The number of ether oxygens (including phenoxy) is 2. The van der Waals surface area contributed by atoms with Gasteiger partial charge in [0, 0.05) is 18.2 Å². The van der Waals surface area contributed by atoms with Gasteiger partial charge in [0.1, 0.15) is 5.75 Å². The third-order valence-electron chi connectivity index (χ3n) is 4.20. The van der Waals surface area contributed by atoms with E-state index in [0.29, 0.717) is 12.5 Å². The highest BCUT2D eigenvalue weighted by molar-refractivity contribution is 6.30. The van der Waals surface area contributed by atoms with E-state index >= 15 is 0 Å². The van der Waals surface area contributed by atoms with Crippen LogP contribution in [0.5, 0.6) is 5.75 Å². The Hall–Kier alpha value is -1.26. The summed E-state index contributed by atoms with van der Waals surface area (Å²) >= 11 is 6.15.